The van der Waals surface area contributed by atoms with E-state index < -0.39 is 0 Å². The maximum atomic E-state index is 12.1. The molecule has 3 rings (SSSR count). The highest BCUT2D eigenvalue weighted by Gasteiger charge is 2.10. The van der Waals surface area contributed by atoms with Crippen LogP contribution in [0.1, 0.15) is 31.2 Å². The highest BCUT2D eigenvalue weighted by atomic mass is 16.1. The monoisotopic (exact) mass is 363 g/mol. The zero-order chi connectivity index (χ0) is 19.1. The van der Waals surface area contributed by atoms with E-state index in [0.717, 1.165) is 42.7 Å². The molecular formula is C22H25N3O2. The van der Waals surface area contributed by atoms with Gasteiger partial charge in [-0.3, -0.25) is 9.69 Å². The van der Waals surface area contributed by atoms with Crippen molar-refractivity contribution in [2.45, 2.75) is 25.7 Å². The molecule has 1 atom stereocenters. The fourth-order valence-corrected chi connectivity index (χ4v) is 3.17. The van der Waals surface area contributed by atoms with E-state index in [1.54, 1.807) is 12.1 Å². The lowest BCUT2D eigenvalue weighted by Crippen LogP contribution is -2.19. The topological polar surface area (TPSA) is 62.3 Å². The molecule has 1 N–H and O–H groups in total. The van der Waals surface area contributed by atoms with Crippen molar-refractivity contribution in [2.75, 3.05) is 25.0 Å². The van der Waals surface area contributed by atoms with E-state index in [9.17, 15) is 9.59 Å². The van der Waals surface area contributed by atoms with Crippen molar-refractivity contribution in [1.29, 1.82) is 0 Å². The summed E-state index contributed by atoms with van der Waals surface area (Å²) in [5.41, 5.74) is 2.62. The first-order valence-corrected chi connectivity index (χ1v) is 9.38. The number of carbonyl (C=O) groups is 2. The van der Waals surface area contributed by atoms with E-state index in [1.807, 2.05) is 49.4 Å². The summed E-state index contributed by atoms with van der Waals surface area (Å²) in [6, 6.07) is 13.3. The van der Waals surface area contributed by atoms with Crippen LogP contribution in [0.2, 0.25) is 0 Å². The Morgan fingerprint density at radius 2 is 2.00 bits per heavy atom. The number of amides is 1. The largest absolute Gasteiger partial charge is 0.307 e. The van der Waals surface area contributed by atoms with E-state index >= 15 is 0 Å². The highest BCUT2D eigenvalue weighted by molar-refractivity contribution is 5.98. The maximum absolute atomic E-state index is 12.1. The number of anilines is 1. The Labute approximate surface area is 160 Å². The zero-order valence-electron chi connectivity index (χ0n) is 15.6. The smallest absolute Gasteiger partial charge is 0.249 e. The third-order valence-corrected chi connectivity index (χ3v) is 4.74. The van der Waals surface area contributed by atoms with E-state index in [4.69, 9.17) is 0 Å². The number of rotatable bonds is 7. The molecule has 140 valence electrons. The molecule has 1 aromatic carbocycles. The minimum absolute atomic E-state index is 0.159. The molecule has 27 heavy (non-hydrogen) atoms. The van der Waals surface area contributed by atoms with Crippen molar-refractivity contribution in [3.63, 3.8) is 0 Å². The van der Waals surface area contributed by atoms with Crippen LogP contribution in [-0.2, 0) is 9.59 Å². The quantitative estimate of drug-likeness (QED) is 0.603. The number of aldehydes is 1. The van der Waals surface area contributed by atoms with Gasteiger partial charge < -0.3 is 10.1 Å². The summed E-state index contributed by atoms with van der Waals surface area (Å²) >= 11 is 0. The standard InChI is InChI=1S/C22H25N3O2/c1-17(16-26)18-7-4-8-19(15-18)20-9-5-10-21(23-20)24-22(27)11-6-14-25-12-2-3-13-25/h4-11,15-17H,2-3,12-14H2,1H3,(H,23,24,27)/b11-6+/t17-/m1/s1. The van der Waals surface area contributed by atoms with E-state index in [-0.39, 0.29) is 11.8 Å². The van der Waals surface area contributed by atoms with Gasteiger partial charge in [0.25, 0.3) is 0 Å². The zero-order valence-corrected chi connectivity index (χ0v) is 15.6. The molecule has 2 heterocycles. The third-order valence-electron chi connectivity index (χ3n) is 4.74. The Morgan fingerprint density at radius 3 is 2.78 bits per heavy atom. The molecule has 1 aromatic heterocycles. The molecule has 0 aliphatic carbocycles. The van der Waals surface area contributed by atoms with Crippen molar-refractivity contribution in [3.8, 4) is 11.3 Å². The number of carbonyl (C=O) groups excluding carboxylic acids is 2. The Morgan fingerprint density at radius 1 is 1.22 bits per heavy atom. The first-order chi connectivity index (χ1) is 13.2. The van der Waals surface area contributed by atoms with Crippen LogP contribution >= 0.6 is 0 Å². The van der Waals surface area contributed by atoms with Crippen LogP contribution in [0.5, 0.6) is 0 Å². The van der Waals surface area contributed by atoms with Crippen LogP contribution in [0.3, 0.4) is 0 Å². The lowest BCUT2D eigenvalue weighted by molar-refractivity contribution is -0.112. The minimum atomic E-state index is -0.179. The molecule has 5 nitrogen and oxygen atoms in total. The number of likely N-dealkylation sites (tertiary alicyclic amines) is 1. The second kappa shape index (κ2) is 9.24. The molecule has 1 aliphatic heterocycles. The maximum Gasteiger partial charge on any atom is 0.249 e. The number of aromatic nitrogens is 1. The third kappa shape index (κ3) is 5.34. The van der Waals surface area contributed by atoms with Crippen molar-refractivity contribution < 1.29 is 9.59 Å². The van der Waals surface area contributed by atoms with Gasteiger partial charge >= 0.3 is 0 Å². The van der Waals surface area contributed by atoms with Crippen LogP contribution < -0.4 is 5.32 Å². The SMILES string of the molecule is C[C@H](C=O)c1cccc(-c2cccc(NC(=O)/C=C/CN3CCCC3)n2)c1. The molecular weight excluding hydrogens is 338 g/mol. The second-order valence-electron chi connectivity index (χ2n) is 6.86. The molecule has 0 saturated carbocycles. The van der Waals surface area contributed by atoms with E-state index in [0.29, 0.717) is 5.82 Å². The molecule has 1 fully saturated rings. The van der Waals surface area contributed by atoms with Crippen molar-refractivity contribution in [3.05, 3.63) is 60.2 Å². The molecule has 0 spiro atoms. The fraction of sp³-hybridized carbons (Fsp3) is 0.318. The predicted octanol–water partition coefficient (Wildman–Crippen LogP) is 3.64. The van der Waals surface area contributed by atoms with Gasteiger partial charge in [-0.25, -0.2) is 4.98 Å². The first kappa shape index (κ1) is 19.0. The van der Waals surface area contributed by atoms with Crippen LogP contribution in [0.15, 0.2) is 54.6 Å². The molecule has 2 aromatic rings. The summed E-state index contributed by atoms with van der Waals surface area (Å²) in [4.78, 5) is 30.0. The highest BCUT2D eigenvalue weighted by Crippen LogP contribution is 2.23. The molecule has 1 aliphatic rings. The van der Waals surface area contributed by atoms with Crippen LogP contribution in [0.25, 0.3) is 11.3 Å². The van der Waals surface area contributed by atoms with Crippen LogP contribution in [0, 0.1) is 0 Å². The van der Waals surface area contributed by atoms with Gasteiger partial charge in [-0.2, -0.15) is 0 Å². The molecule has 0 unspecified atom stereocenters. The molecule has 0 radical (unpaired) electrons. The summed E-state index contributed by atoms with van der Waals surface area (Å²) < 4.78 is 0. The second-order valence-corrected chi connectivity index (χ2v) is 6.86. The minimum Gasteiger partial charge on any atom is -0.307 e. The van der Waals surface area contributed by atoms with E-state index in [1.165, 1.54) is 12.8 Å². The van der Waals surface area contributed by atoms with Gasteiger partial charge in [0.05, 0.1) is 5.69 Å². The molecule has 1 amide bonds. The van der Waals surface area contributed by atoms with Gasteiger partial charge in [-0.1, -0.05) is 37.3 Å². The fourth-order valence-electron chi connectivity index (χ4n) is 3.17. The van der Waals surface area contributed by atoms with Gasteiger partial charge in [0.15, 0.2) is 0 Å². The Balaban J connectivity index is 1.65. The molecule has 1 saturated heterocycles. The van der Waals surface area contributed by atoms with Crippen molar-refractivity contribution in [1.82, 2.24) is 9.88 Å². The lowest BCUT2D eigenvalue weighted by atomic mass is 9.99. The number of nitrogens with zero attached hydrogens (tertiary/aromatic N) is 2. The number of pyridine rings is 1. The van der Waals surface area contributed by atoms with Gasteiger partial charge in [-0.15, -0.1) is 0 Å². The first-order valence-electron chi connectivity index (χ1n) is 9.38. The lowest BCUT2D eigenvalue weighted by Gasteiger charge is -2.10. The normalized spacial score (nSPS) is 15.7. The number of nitrogens with one attached hydrogen (secondary N) is 1. The Hall–Kier alpha value is -2.79. The van der Waals surface area contributed by atoms with Gasteiger partial charge in [0, 0.05) is 24.1 Å². The summed E-state index contributed by atoms with van der Waals surface area (Å²) in [7, 11) is 0. The molecule has 5 heteroatoms. The van der Waals surface area contributed by atoms with Gasteiger partial charge in [0.2, 0.25) is 5.91 Å². The summed E-state index contributed by atoms with van der Waals surface area (Å²) in [6.45, 7) is 4.89. The number of benzene rings is 1. The Kier molecular flexibility index (Phi) is 6.49. The van der Waals surface area contributed by atoms with Crippen molar-refractivity contribution in [2.24, 2.45) is 0 Å². The Bertz CT molecular complexity index is 826. The average Bonchev–Trinajstić information content (AvgIpc) is 3.21. The van der Waals surface area contributed by atoms with Crippen LogP contribution in [0.4, 0.5) is 5.82 Å². The van der Waals surface area contributed by atoms with E-state index in [2.05, 4.69) is 15.2 Å². The summed E-state index contributed by atoms with van der Waals surface area (Å²) in [5.74, 6) is 0.174. The molecule has 0 bridgehead atoms. The van der Waals surface area contributed by atoms with Gasteiger partial charge in [0.1, 0.15) is 12.1 Å². The number of hydrogen-bond acceptors (Lipinski definition) is 4. The summed E-state index contributed by atoms with van der Waals surface area (Å²) in [5, 5.41) is 2.81. The van der Waals surface area contributed by atoms with Crippen LogP contribution in [-0.4, -0.2) is 41.7 Å². The number of hydrogen-bond donors (Lipinski definition) is 1. The summed E-state index contributed by atoms with van der Waals surface area (Å²) in [6.07, 6.45) is 6.87. The predicted molar refractivity (Wildman–Crippen MR) is 108 cm³/mol. The van der Waals surface area contributed by atoms with Crippen molar-refractivity contribution >= 4 is 18.0 Å². The van der Waals surface area contributed by atoms with Gasteiger partial charge in [-0.05, 0) is 49.7 Å². The average molecular weight is 363 g/mol.